The average molecular weight is 547 g/mol. The Hall–Kier alpha value is -2.00. The van der Waals surface area contributed by atoms with Gasteiger partial charge in [-0.15, -0.1) is 0 Å². The number of fused-ring (bicyclic) bond motifs is 1. The van der Waals surface area contributed by atoms with Gasteiger partial charge in [-0.2, -0.15) is 0 Å². The molecule has 0 aromatic heterocycles. The number of hydrogen-bond acceptors (Lipinski definition) is 6. The van der Waals surface area contributed by atoms with Crippen molar-refractivity contribution in [2.45, 2.75) is 142 Å². The Morgan fingerprint density at radius 3 is 2.03 bits per heavy atom. The summed E-state index contributed by atoms with van der Waals surface area (Å²) < 4.78 is 25.5. The Morgan fingerprint density at radius 2 is 1.46 bits per heavy atom. The predicted octanol–water partition coefficient (Wildman–Crippen LogP) is 6.39. The fraction of sp³-hybridized carbons (Fsp3) is 0.742. The Morgan fingerprint density at radius 1 is 0.872 bits per heavy atom. The van der Waals surface area contributed by atoms with Gasteiger partial charge in [-0.25, -0.2) is 0 Å². The second-order valence-electron chi connectivity index (χ2n) is 11.6. The molecule has 2 fully saturated rings. The summed E-state index contributed by atoms with van der Waals surface area (Å²) in [6.07, 6.45) is 10.9. The third-order valence-corrected chi connectivity index (χ3v) is 7.55. The summed E-state index contributed by atoms with van der Waals surface area (Å²) in [5, 5.41) is 5.73. The van der Waals surface area contributed by atoms with Gasteiger partial charge in [-0.3, -0.25) is 9.59 Å². The Bertz CT molecular complexity index is 920. The summed E-state index contributed by atoms with van der Waals surface area (Å²) in [5.41, 5.74) is 1.76. The van der Waals surface area contributed by atoms with Crippen molar-refractivity contribution >= 4 is 17.5 Å². The van der Waals surface area contributed by atoms with E-state index in [0.29, 0.717) is 6.61 Å². The molecule has 1 aromatic rings. The Balaban J connectivity index is 1.62. The molecule has 5 atom stereocenters. The summed E-state index contributed by atoms with van der Waals surface area (Å²) in [4.78, 5) is 23.7. The van der Waals surface area contributed by atoms with E-state index in [0.717, 1.165) is 24.1 Å². The molecular weight excluding hydrogens is 496 g/mol. The van der Waals surface area contributed by atoms with Gasteiger partial charge in [0, 0.05) is 25.5 Å². The summed E-state index contributed by atoms with van der Waals surface area (Å²) in [5.74, 6) is -2.71. The standard InChI is InChI=1S/C31H50N2O6/c1-7-8-9-10-11-12-13-14-15-16-21-36-31(33-24(4)35)29-28(37-30(5,6)39-29)27(38-31)22(2)25-17-19-26(20-18-25)32-23(3)34/h17-20,22,27-29H,7-16,21H2,1-6H3,(H,32,34)(H,33,35)/t22-,27-,28+,29+,31-/m1/s1. The van der Waals surface area contributed by atoms with E-state index in [1.807, 2.05) is 38.1 Å². The van der Waals surface area contributed by atoms with Crippen LogP contribution in [0.4, 0.5) is 5.69 Å². The van der Waals surface area contributed by atoms with Crippen molar-refractivity contribution < 1.29 is 28.5 Å². The molecule has 0 unspecified atom stereocenters. The van der Waals surface area contributed by atoms with Crippen LogP contribution in [0.5, 0.6) is 0 Å². The van der Waals surface area contributed by atoms with E-state index in [2.05, 4.69) is 24.5 Å². The number of benzene rings is 1. The largest absolute Gasteiger partial charge is 0.342 e. The molecule has 220 valence electrons. The first-order chi connectivity index (χ1) is 18.6. The van der Waals surface area contributed by atoms with Crippen LogP contribution in [0.25, 0.3) is 0 Å². The summed E-state index contributed by atoms with van der Waals surface area (Å²) >= 11 is 0. The molecule has 2 saturated heterocycles. The molecule has 3 rings (SSSR count). The van der Waals surface area contributed by atoms with Crippen LogP contribution in [0, 0.1) is 0 Å². The number of anilines is 1. The zero-order valence-corrected chi connectivity index (χ0v) is 24.8. The van der Waals surface area contributed by atoms with Crippen LogP contribution in [0.1, 0.15) is 117 Å². The zero-order chi connectivity index (χ0) is 28.5. The lowest BCUT2D eigenvalue weighted by Crippen LogP contribution is -2.58. The first-order valence-corrected chi connectivity index (χ1v) is 14.9. The fourth-order valence-corrected chi connectivity index (χ4v) is 5.62. The molecule has 0 radical (unpaired) electrons. The lowest BCUT2D eigenvalue weighted by molar-refractivity contribution is -0.305. The highest BCUT2D eigenvalue weighted by Crippen LogP contribution is 2.47. The van der Waals surface area contributed by atoms with Crippen molar-refractivity contribution in [3.05, 3.63) is 29.8 Å². The Labute approximate surface area is 234 Å². The molecule has 1 aromatic carbocycles. The molecular formula is C31H50N2O6. The zero-order valence-electron chi connectivity index (χ0n) is 24.8. The second kappa shape index (κ2) is 14.6. The van der Waals surface area contributed by atoms with Gasteiger partial charge in [0.1, 0.15) is 6.10 Å². The third kappa shape index (κ3) is 9.00. The fourth-order valence-electron chi connectivity index (χ4n) is 5.62. The summed E-state index contributed by atoms with van der Waals surface area (Å²) in [7, 11) is 0. The smallest absolute Gasteiger partial charge is 0.282 e. The van der Waals surface area contributed by atoms with Crippen molar-refractivity contribution in [3.63, 3.8) is 0 Å². The lowest BCUT2D eigenvalue weighted by Gasteiger charge is -2.35. The minimum Gasteiger partial charge on any atom is -0.342 e. The normalized spacial score (nSPS) is 26.3. The molecule has 2 aliphatic heterocycles. The van der Waals surface area contributed by atoms with E-state index in [1.165, 1.54) is 65.2 Å². The maximum Gasteiger partial charge on any atom is 0.282 e. The average Bonchev–Trinajstić information content (AvgIpc) is 3.33. The van der Waals surface area contributed by atoms with Crippen LogP contribution in [-0.2, 0) is 28.5 Å². The predicted molar refractivity (Wildman–Crippen MR) is 152 cm³/mol. The molecule has 0 saturated carbocycles. The number of rotatable bonds is 16. The van der Waals surface area contributed by atoms with Gasteiger partial charge in [0.15, 0.2) is 11.9 Å². The monoisotopic (exact) mass is 546 g/mol. The van der Waals surface area contributed by atoms with E-state index >= 15 is 0 Å². The van der Waals surface area contributed by atoms with Crippen molar-refractivity contribution in [2.75, 3.05) is 11.9 Å². The molecule has 2 heterocycles. The van der Waals surface area contributed by atoms with E-state index in [4.69, 9.17) is 18.9 Å². The van der Waals surface area contributed by atoms with E-state index in [1.54, 1.807) is 0 Å². The van der Waals surface area contributed by atoms with Gasteiger partial charge in [-0.05, 0) is 38.0 Å². The van der Waals surface area contributed by atoms with Gasteiger partial charge in [0.2, 0.25) is 11.8 Å². The summed E-state index contributed by atoms with van der Waals surface area (Å²) in [6.45, 7) is 11.5. The van der Waals surface area contributed by atoms with Gasteiger partial charge < -0.3 is 29.6 Å². The van der Waals surface area contributed by atoms with Crippen LogP contribution in [0.2, 0.25) is 0 Å². The SMILES string of the molecule is CCCCCCCCCCCCO[C@@]1(NC(C)=O)O[C@H]([C@H](C)c2ccc(NC(C)=O)cc2)[C@@H]2OC(C)(C)O[C@@H]21. The maximum atomic E-state index is 12.3. The van der Waals surface area contributed by atoms with E-state index in [9.17, 15) is 9.59 Å². The van der Waals surface area contributed by atoms with Crippen molar-refractivity contribution in [1.29, 1.82) is 0 Å². The van der Waals surface area contributed by atoms with Crippen LogP contribution in [-0.4, -0.2) is 48.4 Å². The molecule has 39 heavy (non-hydrogen) atoms. The van der Waals surface area contributed by atoms with Crippen molar-refractivity contribution in [3.8, 4) is 0 Å². The van der Waals surface area contributed by atoms with E-state index < -0.39 is 30.0 Å². The van der Waals surface area contributed by atoms with Crippen LogP contribution in [0.15, 0.2) is 24.3 Å². The van der Waals surface area contributed by atoms with Crippen LogP contribution in [0.3, 0.4) is 0 Å². The second-order valence-corrected chi connectivity index (χ2v) is 11.6. The number of amides is 2. The molecule has 2 amide bonds. The van der Waals surface area contributed by atoms with Gasteiger partial charge >= 0.3 is 0 Å². The first-order valence-electron chi connectivity index (χ1n) is 14.9. The van der Waals surface area contributed by atoms with Gasteiger partial charge in [0.25, 0.3) is 5.91 Å². The number of hydrogen-bond donors (Lipinski definition) is 2. The van der Waals surface area contributed by atoms with Crippen molar-refractivity contribution in [2.24, 2.45) is 0 Å². The summed E-state index contributed by atoms with van der Waals surface area (Å²) in [6, 6.07) is 7.69. The highest BCUT2D eigenvalue weighted by Gasteiger charge is 2.65. The lowest BCUT2D eigenvalue weighted by atomic mass is 9.91. The van der Waals surface area contributed by atoms with Crippen LogP contribution >= 0.6 is 0 Å². The molecule has 0 aliphatic carbocycles. The molecule has 8 heteroatoms. The quantitative estimate of drug-likeness (QED) is 0.184. The molecule has 0 bridgehead atoms. The topological polar surface area (TPSA) is 95.1 Å². The first kappa shape index (κ1) is 31.5. The maximum absolute atomic E-state index is 12.3. The van der Waals surface area contributed by atoms with Gasteiger partial charge in [-0.1, -0.05) is 83.8 Å². The highest BCUT2D eigenvalue weighted by atomic mass is 16.8. The Kier molecular flexibility index (Phi) is 11.8. The third-order valence-electron chi connectivity index (χ3n) is 7.55. The molecule has 0 spiro atoms. The highest BCUT2D eigenvalue weighted by molar-refractivity contribution is 5.88. The van der Waals surface area contributed by atoms with Crippen LogP contribution < -0.4 is 10.6 Å². The number of nitrogens with one attached hydrogen (secondary N) is 2. The number of ether oxygens (including phenoxy) is 4. The minimum absolute atomic E-state index is 0.0852. The number of carbonyl (C=O) groups excluding carboxylic acids is 2. The number of carbonyl (C=O) groups is 2. The minimum atomic E-state index is -1.42. The van der Waals surface area contributed by atoms with Crippen molar-refractivity contribution in [1.82, 2.24) is 5.32 Å². The molecule has 2 aliphatic rings. The van der Waals surface area contributed by atoms with Gasteiger partial charge in [0.05, 0.1) is 12.7 Å². The molecule has 8 nitrogen and oxygen atoms in total. The molecule has 2 N–H and O–H groups in total. The van der Waals surface area contributed by atoms with E-state index in [-0.39, 0.29) is 17.7 Å². The number of unbranched alkanes of at least 4 members (excludes halogenated alkanes) is 9.